The fourth-order valence-electron chi connectivity index (χ4n) is 8.90. The second-order valence-corrected chi connectivity index (χ2v) is 19.0. The molecule has 4 aromatic carbocycles. The molecule has 0 amide bonds. The summed E-state index contributed by atoms with van der Waals surface area (Å²) >= 11 is 5.33. The molecular formula is C54H65ClF5N5O14. The summed E-state index contributed by atoms with van der Waals surface area (Å²) in [7, 11) is 0. The molecule has 7 rings (SSSR count). The van der Waals surface area contributed by atoms with Crippen molar-refractivity contribution in [2.75, 3.05) is 25.6 Å². The molecule has 0 bridgehead atoms. The quantitative estimate of drug-likeness (QED) is 0.0264. The number of ether oxygens (including phenoxy) is 3. The number of nitro groups is 3. The Morgan fingerprint density at radius 2 is 0.873 bits per heavy atom. The minimum Gasteiger partial charge on any atom is -0.478 e. The molecule has 3 saturated carbocycles. The summed E-state index contributed by atoms with van der Waals surface area (Å²) in [4.78, 5) is 74.2. The van der Waals surface area contributed by atoms with Crippen LogP contribution in [0, 0.1) is 71.3 Å². The van der Waals surface area contributed by atoms with E-state index in [-0.39, 0.29) is 42.7 Å². The number of hydrogen-bond acceptors (Lipinski definition) is 15. The number of carboxylic acid groups (broad SMARTS) is 1. The Morgan fingerprint density at radius 3 is 1.27 bits per heavy atom. The number of esters is 3. The van der Waals surface area contributed by atoms with Gasteiger partial charge in [-0.15, -0.1) is 0 Å². The lowest BCUT2D eigenvalue weighted by Gasteiger charge is -2.22. The highest BCUT2D eigenvalue weighted by Gasteiger charge is 2.27. The molecule has 4 aromatic rings. The Labute approximate surface area is 457 Å². The molecule has 0 unspecified atom stereocenters. The fourth-order valence-corrected chi connectivity index (χ4v) is 9.12. The van der Waals surface area contributed by atoms with Crippen molar-refractivity contribution in [3.05, 3.63) is 146 Å². The third-order valence-electron chi connectivity index (χ3n) is 12.9. The van der Waals surface area contributed by atoms with E-state index >= 15 is 0 Å². The lowest BCUT2D eigenvalue weighted by molar-refractivity contribution is -0.387. The van der Waals surface area contributed by atoms with Gasteiger partial charge in [-0.2, -0.15) is 4.39 Å². The standard InChI is InChI=1S/C16H20FNO4.C16H22FNO2.C9H7F2NO4.C7H3ClFNO4.C6H13N/c1-2-22-16(19)13-10-15(18(20)21)12(9-14(13)17)8-11-6-4-3-5-7-11;1-2-20-16(19)13-10-15(18)12(9-14(13)17)8-11-6-4-3-5-7-11;1-2-16-9(13)5-3-8(12(14)15)7(11)4-6(5)10;8-4-2-5(9)3(7(11)12)1-6(4)10(13)14;7-6-4-2-1-3-5-6/h9-11H,2-8H2,1H3;9-11H,2-8,18H2,1H3;3-4H,2H2,1H3;1-2H,(H,11,12);6H,1-5,7H2. The van der Waals surface area contributed by atoms with Crippen molar-refractivity contribution in [3.63, 3.8) is 0 Å². The number of hydrogen-bond donors (Lipinski definition) is 3. The van der Waals surface area contributed by atoms with Gasteiger partial charge in [0.1, 0.15) is 45.0 Å². The zero-order valence-electron chi connectivity index (χ0n) is 44.0. The number of nitrogens with zero attached hydrogens (tertiary/aromatic N) is 3. The van der Waals surface area contributed by atoms with Crippen molar-refractivity contribution < 1.29 is 75.2 Å². The lowest BCUT2D eigenvalue weighted by atomic mass is 9.84. The van der Waals surface area contributed by atoms with Gasteiger partial charge < -0.3 is 30.8 Å². The molecule has 0 spiro atoms. The lowest BCUT2D eigenvalue weighted by Crippen LogP contribution is -2.22. The van der Waals surface area contributed by atoms with Gasteiger partial charge in [0.15, 0.2) is 0 Å². The van der Waals surface area contributed by atoms with Crippen molar-refractivity contribution in [2.45, 2.75) is 136 Å². The van der Waals surface area contributed by atoms with Crippen molar-refractivity contribution >= 4 is 58.2 Å². The van der Waals surface area contributed by atoms with E-state index in [1.54, 1.807) is 13.8 Å². The number of rotatable bonds is 14. The highest BCUT2D eigenvalue weighted by molar-refractivity contribution is 6.32. The van der Waals surface area contributed by atoms with Crippen molar-refractivity contribution in [3.8, 4) is 0 Å². The molecule has 79 heavy (non-hydrogen) atoms. The molecule has 0 aromatic heterocycles. The molecule has 0 radical (unpaired) electrons. The van der Waals surface area contributed by atoms with Crippen LogP contribution in [0.4, 0.5) is 44.7 Å². The number of nitrogen functional groups attached to an aromatic ring is 1. The second-order valence-electron chi connectivity index (χ2n) is 18.6. The van der Waals surface area contributed by atoms with Gasteiger partial charge >= 0.3 is 29.6 Å². The maximum atomic E-state index is 14.1. The zero-order chi connectivity index (χ0) is 58.9. The van der Waals surface area contributed by atoms with E-state index < -0.39 is 95.3 Å². The smallest absolute Gasteiger partial charge is 0.341 e. The maximum Gasteiger partial charge on any atom is 0.341 e. The Bertz CT molecular complexity index is 2740. The predicted molar refractivity (Wildman–Crippen MR) is 281 cm³/mol. The van der Waals surface area contributed by atoms with E-state index in [9.17, 15) is 71.5 Å². The molecule has 0 atom stereocenters. The maximum absolute atomic E-state index is 14.1. The van der Waals surface area contributed by atoms with Gasteiger partial charge in [0.05, 0.1) is 40.2 Å². The summed E-state index contributed by atoms with van der Waals surface area (Å²) < 4.78 is 81.0. The van der Waals surface area contributed by atoms with Gasteiger partial charge in [0.25, 0.3) is 11.4 Å². The first-order valence-corrected chi connectivity index (χ1v) is 26.1. The molecule has 3 aliphatic rings. The third kappa shape index (κ3) is 21.1. The summed E-state index contributed by atoms with van der Waals surface area (Å²) in [5.41, 5.74) is 9.58. The molecular weight excluding hydrogens is 1070 g/mol. The van der Waals surface area contributed by atoms with Crippen LogP contribution in [0.3, 0.4) is 0 Å². The number of aromatic carboxylic acids is 1. The van der Waals surface area contributed by atoms with E-state index in [1.165, 1.54) is 89.7 Å². The SMILES string of the molecule is CCOC(=O)c1cc(N)c(CC2CCCCC2)cc1F.CCOC(=O)c1cc([N+](=O)[O-])c(CC2CCCCC2)cc1F.CCOC(=O)c1cc([N+](=O)[O-])c(F)cc1F.NC1CCCCC1.O=C(O)c1cc([N+](=O)[O-])c(Cl)cc1F. The second kappa shape index (κ2) is 33.2. The molecule has 3 fully saturated rings. The summed E-state index contributed by atoms with van der Waals surface area (Å²) in [6.45, 7) is 5.09. The average Bonchev–Trinajstić information content (AvgIpc) is 3.40. The van der Waals surface area contributed by atoms with E-state index in [2.05, 4.69) is 4.74 Å². The van der Waals surface area contributed by atoms with E-state index in [0.29, 0.717) is 53.7 Å². The Kier molecular flexibility index (Phi) is 27.7. The van der Waals surface area contributed by atoms with Gasteiger partial charge in [0.2, 0.25) is 5.82 Å². The normalized spacial score (nSPS) is 14.4. The molecule has 432 valence electrons. The number of nitro benzene ring substituents is 3. The molecule has 19 nitrogen and oxygen atoms in total. The van der Waals surface area contributed by atoms with Crippen LogP contribution in [0.1, 0.15) is 170 Å². The van der Waals surface area contributed by atoms with Gasteiger partial charge in [-0.3, -0.25) is 30.3 Å². The summed E-state index contributed by atoms with van der Waals surface area (Å²) in [6.07, 6.45) is 19.5. The monoisotopic (exact) mass is 1140 g/mol. The number of carboxylic acids is 1. The van der Waals surface area contributed by atoms with Crippen LogP contribution < -0.4 is 11.5 Å². The third-order valence-corrected chi connectivity index (χ3v) is 13.2. The Morgan fingerprint density at radius 1 is 0.519 bits per heavy atom. The molecule has 3 aliphatic carbocycles. The van der Waals surface area contributed by atoms with Crippen LogP contribution in [-0.4, -0.2) is 69.6 Å². The van der Waals surface area contributed by atoms with Crippen molar-refractivity contribution in [2.24, 2.45) is 17.6 Å². The summed E-state index contributed by atoms with van der Waals surface area (Å²) in [6, 6.07) is 7.45. The number of carbonyl (C=O) groups is 4. The number of carbonyl (C=O) groups excluding carboxylic acids is 3. The molecule has 0 saturated heterocycles. The van der Waals surface area contributed by atoms with Crippen LogP contribution in [0.15, 0.2) is 48.5 Å². The fraction of sp³-hybridized carbons (Fsp3) is 0.481. The van der Waals surface area contributed by atoms with Crippen LogP contribution in [0.5, 0.6) is 0 Å². The van der Waals surface area contributed by atoms with Gasteiger partial charge in [-0.25, -0.2) is 36.7 Å². The number of anilines is 1. The minimum absolute atomic E-state index is 0.0105. The first-order chi connectivity index (χ1) is 37.4. The first kappa shape index (κ1) is 65.9. The van der Waals surface area contributed by atoms with E-state index in [1.807, 2.05) is 0 Å². The molecule has 5 N–H and O–H groups in total. The number of nitrogens with two attached hydrogens (primary N) is 2. The summed E-state index contributed by atoms with van der Waals surface area (Å²) in [5, 5.41) is 39.9. The largest absolute Gasteiger partial charge is 0.478 e. The topological polar surface area (TPSA) is 298 Å². The van der Waals surface area contributed by atoms with Crippen molar-refractivity contribution in [1.29, 1.82) is 0 Å². The Hall–Kier alpha value is -7.34. The van der Waals surface area contributed by atoms with Crippen LogP contribution in [-0.2, 0) is 27.1 Å². The average molecular weight is 1140 g/mol. The van der Waals surface area contributed by atoms with Gasteiger partial charge in [-0.1, -0.05) is 95.1 Å². The van der Waals surface area contributed by atoms with Crippen LogP contribution in [0.2, 0.25) is 5.02 Å². The molecule has 25 heteroatoms. The predicted octanol–water partition coefficient (Wildman–Crippen LogP) is 13.2. The van der Waals surface area contributed by atoms with E-state index in [0.717, 1.165) is 49.8 Å². The first-order valence-electron chi connectivity index (χ1n) is 25.8. The summed E-state index contributed by atoms with van der Waals surface area (Å²) in [5.74, 6) is -8.17. The van der Waals surface area contributed by atoms with Gasteiger partial charge in [0, 0.05) is 47.6 Å². The molecule has 0 heterocycles. The van der Waals surface area contributed by atoms with Crippen LogP contribution >= 0.6 is 11.6 Å². The number of halogens is 6. The highest BCUT2D eigenvalue weighted by Crippen LogP contribution is 2.33. The highest BCUT2D eigenvalue weighted by atomic mass is 35.5. The van der Waals surface area contributed by atoms with Gasteiger partial charge in [-0.05, 0) is 82.1 Å². The molecule has 0 aliphatic heterocycles. The van der Waals surface area contributed by atoms with Crippen LogP contribution in [0.25, 0.3) is 0 Å². The van der Waals surface area contributed by atoms with Crippen molar-refractivity contribution in [1.82, 2.24) is 0 Å². The van der Waals surface area contributed by atoms with E-state index in [4.69, 9.17) is 37.6 Å². The minimum atomic E-state index is -1.58. The Balaban J connectivity index is 0.000000269. The zero-order valence-corrected chi connectivity index (χ0v) is 44.8. The number of benzene rings is 4.